The number of rotatable bonds is 5. The van der Waals surface area contributed by atoms with Crippen molar-refractivity contribution in [3.63, 3.8) is 0 Å². The predicted octanol–water partition coefficient (Wildman–Crippen LogP) is 3.85. The first-order valence-corrected chi connectivity index (χ1v) is 12.4. The zero-order valence-electron chi connectivity index (χ0n) is 19.5. The van der Waals surface area contributed by atoms with Gasteiger partial charge in [-0.05, 0) is 74.6 Å². The molecule has 2 bridgehead atoms. The SMILES string of the molecule is COc1ccc(CCNC(=O)N2CCCC3=C[C@H]4C[C@@H](CN5CCCCC45)C32)cc1OC. The van der Waals surface area contributed by atoms with Crippen LogP contribution in [0, 0.1) is 11.8 Å². The van der Waals surface area contributed by atoms with Crippen molar-refractivity contribution in [2.45, 2.75) is 57.0 Å². The Labute approximate surface area is 191 Å². The van der Waals surface area contributed by atoms with Crippen LogP contribution in [0.5, 0.6) is 11.5 Å². The van der Waals surface area contributed by atoms with Gasteiger partial charge in [-0.2, -0.15) is 0 Å². The highest BCUT2D eigenvalue weighted by Crippen LogP contribution is 2.45. The van der Waals surface area contributed by atoms with Gasteiger partial charge in [0.1, 0.15) is 0 Å². The zero-order chi connectivity index (χ0) is 22.1. The minimum atomic E-state index is 0.0975. The second-order valence-electron chi connectivity index (χ2n) is 9.87. The quantitative estimate of drug-likeness (QED) is 0.708. The number of carbonyl (C=O) groups is 1. The molecule has 1 N–H and O–H groups in total. The van der Waals surface area contributed by atoms with Crippen LogP contribution >= 0.6 is 0 Å². The molecule has 0 radical (unpaired) electrons. The lowest BCUT2D eigenvalue weighted by molar-refractivity contribution is 0.00793. The molecule has 3 aliphatic heterocycles. The molecule has 1 aliphatic carbocycles. The number of hydrogen-bond donors (Lipinski definition) is 1. The Kier molecular flexibility index (Phi) is 6.31. The van der Waals surface area contributed by atoms with Crippen molar-refractivity contribution in [2.75, 3.05) is 40.4 Å². The number of piperidine rings is 3. The van der Waals surface area contributed by atoms with E-state index in [0.29, 0.717) is 24.4 Å². The summed E-state index contributed by atoms with van der Waals surface area (Å²) in [7, 11) is 3.29. The molecule has 0 aromatic heterocycles. The van der Waals surface area contributed by atoms with Crippen LogP contribution in [0.15, 0.2) is 29.8 Å². The van der Waals surface area contributed by atoms with Gasteiger partial charge in [0, 0.05) is 25.7 Å². The predicted molar refractivity (Wildman–Crippen MR) is 125 cm³/mol. The van der Waals surface area contributed by atoms with Gasteiger partial charge in [-0.1, -0.05) is 24.1 Å². The Bertz CT molecular complexity index is 870. The van der Waals surface area contributed by atoms with Gasteiger partial charge in [-0.25, -0.2) is 4.79 Å². The van der Waals surface area contributed by atoms with Crippen molar-refractivity contribution >= 4 is 6.03 Å². The number of amides is 2. The number of hydrogen-bond acceptors (Lipinski definition) is 4. The van der Waals surface area contributed by atoms with Crippen molar-refractivity contribution in [3.05, 3.63) is 35.4 Å². The second kappa shape index (κ2) is 9.34. The fraction of sp³-hybridized carbons (Fsp3) is 0.654. The van der Waals surface area contributed by atoms with E-state index in [9.17, 15) is 4.79 Å². The zero-order valence-corrected chi connectivity index (χ0v) is 19.5. The summed E-state index contributed by atoms with van der Waals surface area (Å²) in [6.45, 7) is 3.90. The van der Waals surface area contributed by atoms with E-state index in [1.54, 1.807) is 14.2 Å². The van der Waals surface area contributed by atoms with Gasteiger partial charge in [-0.3, -0.25) is 4.90 Å². The number of nitrogens with zero attached hydrogens (tertiary/aromatic N) is 2. The van der Waals surface area contributed by atoms with Crippen LogP contribution in [-0.2, 0) is 6.42 Å². The third kappa shape index (κ3) is 4.09. The van der Waals surface area contributed by atoms with Crippen LogP contribution in [0.1, 0.15) is 44.1 Å². The van der Waals surface area contributed by atoms with Gasteiger partial charge in [0.25, 0.3) is 0 Å². The average Bonchev–Trinajstić information content (AvgIpc) is 2.83. The molecule has 32 heavy (non-hydrogen) atoms. The number of urea groups is 1. The molecule has 1 aromatic rings. The summed E-state index contributed by atoms with van der Waals surface area (Å²) in [6.07, 6.45) is 10.9. The fourth-order valence-corrected chi connectivity index (χ4v) is 6.65. The molecule has 3 saturated heterocycles. The molecule has 174 valence electrons. The molecular formula is C26H37N3O3. The molecule has 6 heteroatoms. The van der Waals surface area contributed by atoms with Crippen LogP contribution in [0.25, 0.3) is 0 Å². The summed E-state index contributed by atoms with van der Waals surface area (Å²) in [5.41, 5.74) is 2.67. The van der Waals surface area contributed by atoms with Gasteiger partial charge in [0.15, 0.2) is 11.5 Å². The Balaban J connectivity index is 1.23. The summed E-state index contributed by atoms with van der Waals surface area (Å²) in [5.74, 6) is 2.75. The number of carbonyl (C=O) groups excluding carboxylic acids is 1. The van der Waals surface area contributed by atoms with Gasteiger partial charge < -0.3 is 19.7 Å². The molecule has 3 fully saturated rings. The smallest absolute Gasteiger partial charge is 0.317 e. The number of ether oxygens (including phenoxy) is 2. The van der Waals surface area contributed by atoms with E-state index >= 15 is 0 Å². The summed E-state index contributed by atoms with van der Waals surface area (Å²) >= 11 is 0. The molecule has 5 rings (SSSR count). The lowest BCUT2D eigenvalue weighted by atomic mass is 9.68. The minimum Gasteiger partial charge on any atom is -0.493 e. The third-order valence-electron chi connectivity index (χ3n) is 8.06. The highest BCUT2D eigenvalue weighted by molar-refractivity contribution is 5.75. The molecule has 0 spiro atoms. The Morgan fingerprint density at radius 3 is 2.84 bits per heavy atom. The summed E-state index contributed by atoms with van der Waals surface area (Å²) < 4.78 is 10.7. The van der Waals surface area contributed by atoms with Crippen molar-refractivity contribution in [1.29, 1.82) is 0 Å². The van der Waals surface area contributed by atoms with Crippen LogP contribution in [0.2, 0.25) is 0 Å². The van der Waals surface area contributed by atoms with Crippen LogP contribution in [-0.4, -0.2) is 68.3 Å². The van der Waals surface area contributed by atoms with Crippen molar-refractivity contribution < 1.29 is 14.3 Å². The monoisotopic (exact) mass is 439 g/mol. The number of benzene rings is 1. The third-order valence-corrected chi connectivity index (χ3v) is 8.06. The maximum Gasteiger partial charge on any atom is 0.317 e. The Hall–Kier alpha value is -2.21. The van der Waals surface area contributed by atoms with Gasteiger partial charge in [0.05, 0.1) is 20.3 Å². The molecule has 2 amide bonds. The first-order chi connectivity index (χ1) is 15.7. The van der Waals surface area contributed by atoms with Crippen LogP contribution < -0.4 is 14.8 Å². The normalized spacial score (nSPS) is 29.4. The largest absolute Gasteiger partial charge is 0.493 e. The second-order valence-corrected chi connectivity index (χ2v) is 9.87. The molecule has 6 nitrogen and oxygen atoms in total. The molecule has 2 unspecified atom stereocenters. The fourth-order valence-electron chi connectivity index (χ4n) is 6.65. The van der Waals surface area contributed by atoms with Crippen molar-refractivity contribution in [3.8, 4) is 11.5 Å². The highest BCUT2D eigenvalue weighted by atomic mass is 16.5. The maximum absolute atomic E-state index is 13.2. The van der Waals surface area contributed by atoms with Gasteiger partial charge >= 0.3 is 6.03 Å². The Morgan fingerprint density at radius 1 is 1.12 bits per heavy atom. The van der Waals surface area contributed by atoms with E-state index in [1.807, 2.05) is 18.2 Å². The molecule has 4 aliphatic rings. The maximum atomic E-state index is 13.2. The minimum absolute atomic E-state index is 0.0975. The highest BCUT2D eigenvalue weighted by Gasteiger charge is 2.46. The summed E-state index contributed by atoms with van der Waals surface area (Å²) in [4.78, 5) is 18.1. The van der Waals surface area contributed by atoms with Gasteiger partial charge in [-0.15, -0.1) is 0 Å². The standard InChI is InChI=1S/C26H37N3O3/c1-31-23-9-8-18(14-24(23)32-2)10-11-27-26(30)29-13-5-6-19-15-20-16-21(25(19)29)17-28-12-4-3-7-22(20)28/h8-9,14-15,20-22,25H,3-7,10-13,16-17H2,1-2H3,(H,27,30)/t20-,21-,22?,25?/m0/s1. The number of fused-ring (bicyclic) bond motifs is 6. The van der Waals surface area contributed by atoms with Gasteiger partial charge in [0.2, 0.25) is 0 Å². The van der Waals surface area contributed by atoms with Crippen molar-refractivity contribution in [1.82, 2.24) is 15.1 Å². The van der Waals surface area contributed by atoms with Crippen LogP contribution in [0.4, 0.5) is 4.79 Å². The lowest BCUT2D eigenvalue weighted by Gasteiger charge is -2.54. The van der Waals surface area contributed by atoms with E-state index in [2.05, 4.69) is 21.2 Å². The van der Waals surface area contributed by atoms with E-state index in [-0.39, 0.29) is 6.03 Å². The van der Waals surface area contributed by atoms with Crippen molar-refractivity contribution in [2.24, 2.45) is 11.8 Å². The molecule has 3 heterocycles. The van der Waals surface area contributed by atoms with E-state index < -0.39 is 0 Å². The van der Waals surface area contributed by atoms with Crippen LogP contribution in [0.3, 0.4) is 0 Å². The molecule has 0 saturated carbocycles. The summed E-state index contributed by atoms with van der Waals surface area (Å²) in [6, 6.07) is 7.09. The summed E-state index contributed by atoms with van der Waals surface area (Å²) in [5, 5.41) is 3.20. The first kappa shape index (κ1) is 21.6. The first-order valence-electron chi connectivity index (χ1n) is 12.4. The molecule has 4 atom stereocenters. The lowest BCUT2D eigenvalue weighted by Crippen LogP contribution is -2.61. The van der Waals surface area contributed by atoms with E-state index in [0.717, 1.165) is 42.5 Å². The number of nitrogens with one attached hydrogen (secondary N) is 1. The Morgan fingerprint density at radius 2 is 2.00 bits per heavy atom. The molecular weight excluding hydrogens is 402 g/mol. The topological polar surface area (TPSA) is 54.0 Å². The number of likely N-dealkylation sites (tertiary alicyclic amines) is 1. The van der Waals surface area contributed by atoms with E-state index in [4.69, 9.17) is 9.47 Å². The molecule has 1 aromatic carbocycles. The average molecular weight is 440 g/mol. The van der Waals surface area contributed by atoms with E-state index in [1.165, 1.54) is 50.8 Å². The number of methoxy groups -OCH3 is 2.